The zero-order chi connectivity index (χ0) is 23.9. The highest BCUT2D eigenvalue weighted by molar-refractivity contribution is 5.95. The monoisotopic (exact) mass is 462 g/mol. The SMILES string of the molecule is COc1cccc(-c2nccc3[nH]c(-c4n[nH]c5ccc(-c6cncc(N(C)C)c6)nc45)nc23)c1. The van der Waals surface area contributed by atoms with Gasteiger partial charge in [-0.05, 0) is 36.4 Å². The molecule has 0 radical (unpaired) electrons. The first-order valence-corrected chi connectivity index (χ1v) is 11.1. The van der Waals surface area contributed by atoms with Crippen molar-refractivity contribution in [2.45, 2.75) is 0 Å². The number of benzene rings is 1. The summed E-state index contributed by atoms with van der Waals surface area (Å²) in [6.45, 7) is 0. The van der Waals surface area contributed by atoms with Crippen LogP contribution in [0.1, 0.15) is 0 Å². The summed E-state index contributed by atoms with van der Waals surface area (Å²) in [5.74, 6) is 1.38. The Kier molecular flexibility index (Phi) is 4.88. The van der Waals surface area contributed by atoms with E-state index in [0.29, 0.717) is 11.5 Å². The largest absolute Gasteiger partial charge is 0.497 e. The summed E-state index contributed by atoms with van der Waals surface area (Å²) in [4.78, 5) is 24.2. The Bertz CT molecular complexity index is 1680. The number of rotatable bonds is 5. The Morgan fingerprint density at radius 2 is 1.74 bits per heavy atom. The van der Waals surface area contributed by atoms with Crippen molar-refractivity contribution in [3.63, 3.8) is 0 Å². The molecule has 35 heavy (non-hydrogen) atoms. The highest BCUT2D eigenvalue weighted by Gasteiger charge is 2.17. The molecule has 1 aromatic carbocycles. The average molecular weight is 463 g/mol. The van der Waals surface area contributed by atoms with Gasteiger partial charge >= 0.3 is 0 Å². The van der Waals surface area contributed by atoms with Crippen LogP contribution in [-0.4, -0.2) is 56.3 Å². The molecule has 0 aliphatic carbocycles. The molecule has 0 fully saturated rings. The van der Waals surface area contributed by atoms with Crippen molar-refractivity contribution in [2.24, 2.45) is 0 Å². The van der Waals surface area contributed by atoms with E-state index in [9.17, 15) is 0 Å². The lowest BCUT2D eigenvalue weighted by Crippen LogP contribution is -2.08. The van der Waals surface area contributed by atoms with Gasteiger partial charge in [-0.15, -0.1) is 0 Å². The third kappa shape index (κ3) is 3.63. The van der Waals surface area contributed by atoms with E-state index in [1.54, 1.807) is 13.3 Å². The van der Waals surface area contributed by atoms with Crippen molar-refractivity contribution in [1.29, 1.82) is 0 Å². The van der Waals surface area contributed by atoms with Crippen LogP contribution in [0.3, 0.4) is 0 Å². The molecule has 0 spiro atoms. The maximum Gasteiger partial charge on any atom is 0.161 e. The summed E-state index contributed by atoms with van der Waals surface area (Å²) in [5.41, 5.74) is 8.26. The average Bonchev–Trinajstić information content (AvgIpc) is 3.52. The van der Waals surface area contributed by atoms with Gasteiger partial charge in [0.2, 0.25) is 0 Å². The Hall–Kier alpha value is -4.79. The minimum absolute atomic E-state index is 0.619. The number of hydrogen-bond donors (Lipinski definition) is 2. The number of fused-ring (bicyclic) bond motifs is 2. The summed E-state index contributed by atoms with van der Waals surface area (Å²) in [6.07, 6.45) is 5.41. The number of methoxy groups -OCH3 is 1. The second-order valence-corrected chi connectivity index (χ2v) is 8.36. The number of aromatic nitrogens is 7. The summed E-state index contributed by atoms with van der Waals surface area (Å²) in [5, 5.41) is 7.60. The van der Waals surface area contributed by atoms with Crippen molar-refractivity contribution >= 4 is 27.8 Å². The lowest BCUT2D eigenvalue weighted by Gasteiger charge is -2.12. The molecule has 5 heterocycles. The molecule has 9 heteroatoms. The standard InChI is InChI=1S/C26H22N8O/c1-34(2)17-11-16(13-27-14-17)19-7-8-21-24(29-19)25(33-32-21)26-30-20-9-10-28-22(23(20)31-26)15-5-4-6-18(12-15)35-3/h4-14H,1-3H3,(H,30,31)(H,32,33). The zero-order valence-electron chi connectivity index (χ0n) is 19.4. The maximum absolute atomic E-state index is 5.38. The van der Waals surface area contributed by atoms with Crippen molar-refractivity contribution < 1.29 is 4.74 Å². The van der Waals surface area contributed by atoms with Gasteiger partial charge in [0.15, 0.2) is 11.5 Å². The highest BCUT2D eigenvalue weighted by Crippen LogP contribution is 2.32. The number of ether oxygens (including phenoxy) is 1. The predicted molar refractivity (Wildman–Crippen MR) is 136 cm³/mol. The van der Waals surface area contributed by atoms with E-state index in [-0.39, 0.29) is 0 Å². The molecule has 0 saturated carbocycles. The van der Waals surface area contributed by atoms with Crippen LogP contribution < -0.4 is 9.64 Å². The molecule has 0 aliphatic heterocycles. The molecular formula is C26H22N8O. The molecule has 2 N–H and O–H groups in total. The van der Waals surface area contributed by atoms with E-state index >= 15 is 0 Å². The summed E-state index contributed by atoms with van der Waals surface area (Å²) in [7, 11) is 5.63. The Balaban J connectivity index is 1.47. The quantitative estimate of drug-likeness (QED) is 0.382. The fraction of sp³-hybridized carbons (Fsp3) is 0.115. The topological polar surface area (TPSA) is 108 Å². The zero-order valence-corrected chi connectivity index (χ0v) is 19.4. The van der Waals surface area contributed by atoms with E-state index in [2.05, 4.69) is 31.2 Å². The van der Waals surface area contributed by atoms with Gasteiger partial charge in [0.05, 0.1) is 41.4 Å². The van der Waals surface area contributed by atoms with E-state index in [0.717, 1.165) is 56.0 Å². The first-order chi connectivity index (χ1) is 17.1. The number of hydrogen-bond acceptors (Lipinski definition) is 7. The van der Waals surface area contributed by atoms with E-state index in [1.807, 2.05) is 73.9 Å². The normalized spacial score (nSPS) is 11.3. The lowest BCUT2D eigenvalue weighted by atomic mass is 10.1. The molecule has 6 aromatic rings. The molecule has 0 unspecified atom stereocenters. The molecule has 172 valence electrons. The van der Waals surface area contributed by atoms with Crippen LogP contribution in [0, 0.1) is 0 Å². The predicted octanol–water partition coefficient (Wildman–Crippen LogP) is 4.70. The summed E-state index contributed by atoms with van der Waals surface area (Å²) >= 11 is 0. The second kappa shape index (κ2) is 8.21. The van der Waals surface area contributed by atoms with Gasteiger partial charge in [-0.1, -0.05) is 12.1 Å². The second-order valence-electron chi connectivity index (χ2n) is 8.36. The highest BCUT2D eigenvalue weighted by atomic mass is 16.5. The van der Waals surface area contributed by atoms with Gasteiger partial charge in [-0.25, -0.2) is 9.97 Å². The van der Waals surface area contributed by atoms with Crippen LogP contribution in [0.5, 0.6) is 5.75 Å². The molecule has 9 nitrogen and oxygen atoms in total. The third-order valence-corrected chi connectivity index (χ3v) is 5.91. The van der Waals surface area contributed by atoms with Crippen LogP contribution >= 0.6 is 0 Å². The third-order valence-electron chi connectivity index (χ3n) is 5.91. The number of imidazole rings is 1. The molecule has 0 aliphatic rings. The lowest BCUT2D eigenvalue weighted by molar-refractivity contribution is 0.415. The van der Waals surface area contributed by atoms with Gasteiger partial charge in [-0.2, -0.15) is 5.10 Å². The van der Waals surface area contributed by atoms with Gasteiger partial charge < -0.3 is 14.6 Å². The molecule has 6 rings (SSSR count). The van der Waals surface area contributed by atoms with E-state index in [4.69, 9.17) is 14.7 Å². The molecule has 0 amide bonds. The Morgan fingerprint density at radius 3 is 2.60 bits per heavy atom. The summed E-state index contributed by atoms with van der Waals surface area (Å²) in [6, 6.07) is 15.7. The van der Waals surface area contributed by atoms with Crippen molar-refractivity contribution in [1.82, 2.24) is 35.1 Å². The number of aromatic amines is 2. The van der Waals surface area contributed by atoms with Crippen molar-refractivity contribution in [3.05, 3.63) is 67.1 Å². The maximum atomic E-state index is 5.38. The smallest absolute Gasteiger partial charge is 0.161 e. The molecule has 5 aromatic heterocycles. The fourth-order valence-corrected chi connectivity index (χ4v) is 4.07. The number of nitrogens with zero attached hydrogens (tertiary/aromatic N) is 6. The minimum Gasteiger partial charge on any atom is -0.497 e. The van der Waals surface area contributed by atoms with Crippen LogP contribution in [0.25, 0.3) is 56.1 Å². The molecule has 0 saturated heterocycles. The molecule has 0 atom stereocenters. The Labute approximate surface area is 200 Å². The number of pyridine rings is 3. The van der Waals surface area contributed by atoms with Gasteiger partial charge in [0.1, 0.15) is 16.8 Å². The van der Waals surface area contributed by atoms with Crippen LogP contribution in [-0.2, 0) is 0 Å². The van der Waals surface area contributed by atoms with Crippen molar-refractivity contribution in [2.75, 3.05) is 26.1 Å². The number of anilines is 1. The van der Waals surface area contributed by atoms with Gasteiger partial charge in [0.25, 0.3) is 0 Å². The minimum atomic E-state index is 0.619. The van der Waals surface area contributed by atoms with Gasteiger partial charge in [0, 0.05) is 37.6 Å². The molecule has 0 bridgehead atoms. The number of nitrogens with one attached hydrogen (secondary N) is 2. The van der Waals surface area contributed by atoms with Crippen molar-refractivity contribution in [3.8, 4) is 39.8 Å². The van der Waals surface area contributed by atoms with Crippen LogP contribution in [0.2, 0.25) is 0 Å². The molecular weight excluding hydrogens is 440 g/mol. The first kappa shape index (κ1) is 20.8. The van der Waals surface area contributed by atoms with E-state index in [1.165, 1.54) is 0 Å². The Morgan fingerprint density at radius 1 is 0.857 bits per heavy atom. The van der Waals surface area contributed by atoms with Crippen LogP contribution in [0.15, 0.2) is 67.1 Å². The van der Waals surface area contributed by atoms with E-state index < -0.39 is 0 Å². The summed E-state index contributed by atoms with van der Waals surface area (Å²) < 4.78 is 5.38. The fourth-order valence-electron chi connectivity index (χ4n) is 4.07. The first-order valence-electron chi connectivity index (χ1n) is 11.1. The van der Waals surface area contributed by atoms with Crippen LogP contribution in [0.4, 0.5) is 5.69 Å². The number of H-pyrrole nitrogens is 2. The van der Waals surface area contributed by atoms with Gasteiger partial charge in [-0.3, -0.25) is 15.1 Å².